The molecule has 0 atom stereocenters. The van der Waals surface area contributed by atoms with Gasteiger partial charge in [0.1, 0.15) is 5.75 Å². The van der Waals surface area contributed by atoms with Crippen molar-refractivity contribution in [2.45, 2.75) is 64.3 Å². The summed E-state index contributed by atoms with van der Waals surface area (Å²) < 4.78 is 5.36. The van der Waals surface area contributed by atoms with E-state index in [-0.39, 0.29) is 17.2 Å². The lowest BCUT2D eigenvalue weighted by Gasteiger charge is -2.36. The number of carbonyl (C=O) groups excluding carboxylic acids is 2. The summed E-state index contributed by atoms with van der Waals surface area (Å²) in [7, 11) is 1.58. The Balaban J connectivity index is 1.99. The van der Waals surface area contributed by atoms with Crippen molar-refractivity contribution in [3.63, 3.8) is 0 Å². The summed E-state index contributed by atoms with van der Waals surface area (Å²) in [4.78, 5) is 24.3. The van der Waals surface area contributed by atoms with Crippen LogP contribution in [0.2, 0.25) is 0 Å². The van der Waals surface area contributed by atoms with E-state index in [9.17, 15) is 9.59 Å². The number of fused-ring (bicyclic) bond motifs is 1. The van der Waals surface area contributed by atoms with E-state index in [0.29, 0.717) is 11.3 Å². The summed E-state index contributed by atoms with van der Waals surface area (Å²) in [5.74, 6) is 0.927. The van der Waals surface area contributed by atoms with Crippen LogP contribution < -0.4 is 10.1 Å². The van der Waals surface area contributed by atoms with E-state index in [1.807, 2.05) is 12.1 Å². The minimum atomic E-state index is -0.156. The largest absolute Gasteiger partial charge is 0.496 e. The van der Waals surface area contributed by atoms with E-state index in [1.54, 1.807) is 13.2 Å². The summed E-state index contributed by atoms with van der Waals surface area (Å²) in [5, 5.41) is 3.51. The zero-order valence-corrected chi connectivity index (χ0v) is 16.1. The van der Waals surface area contributed by atoms with Crippen LogP contribution in [0.3, 0.4) is 0 Å². The molecule has 0 aromatic heterocycles. The number of ether oxygens (including phenoxy) is 1. The molecular weight excluding hydrogens is 326 g/mol. The van der Waals surface area contributed by atoms with Gasteiger partial charge in [0.15, 0.2) is 12.1 Å². The summed E-state index contributed by atoms with van der Waals surface area (Å²) in [5.41, 5.74) is 3.23. The maximum atomic E-state index is 12.9. The van der Waals surface area contributed by atoms with Crippen LogP contribution in [-0.4, -0.2) is 24.7 Å². The molecule has 4 nitrogen and oxygen atoms in total. The van der Waals surface area contributed by atoms with Crippen molar-refractivity contribution >= 4 is 17.8 Å². The average Bonchev–Trinajstić information content (AvgIpc) is 2.89. The Bertz CT molecular complexity index is 725. The lowest BCUT2D eigenvalue weighted by atomic mass is 9.84. The van der Waals surface area contributed by atoms with Crippen LogP contribution in [0.4, 0.5) is 0 Å². The second kappa shape index (κ2) is 7.65. The molecule has 2 aliphatic rings. The van der Waals surface area contributed by atoms with Crippen molar-refractivity contribution in [2.24, 2.45) is 5.92 Å². The van der Waals surface area contributed by atoms with Crippen LogP contribution in [0.15, 0.2) is 18.2 Å². The number of hydrogen-bond donors (Lipinski definition) is 1. The first-order valence-electron chi connectivity index (χ1n) is 9.64. The van der Waals surface area contributed by atoms with Crippen molar-refractivity contribution in [1.29, 1.82) is 0 Å². The van der Waals surface area contributed by atoms with Crippen molar-refractivity contribution in [1.82, 2.24) is 5.32 Å². The van der Waals surface area contributed by atoms with Gasteiger partial charge in [-0.1, -0.05) is 25.7 Å². The summed E-state index contributed by atoms with van der Waals surface area (Å²) >= 11 is 0. The smallest absolute Gasteiger partial charge is 0.160 e. The molecule has 1 aromatic carbocycles. The predicted molar refractivity (Wildman–Crippen MR) is 103 cm³/mol. The quantitative estimate of drug-likeness (QED) is 0.497. The number of rotatable bonds is 4. The van der Waals surface area contributed by atoms with Gasteiger partial charge in [0.2, 0.25) is 0 Å². The number of carbonyl (C=O) groups is 2. The zero-order valence-electron chi connectivity index (χ0n) is 16.1. The number of methoxy groups -OCH3 is 1. The molecule has 1 aromatic rings. The van der Waals surface area contributed by atoms with Gasteiger partial charge >= 0.3 is 0 Å². The first kappa shape index (κ1) is 18.7. The van der Waals surface area contributed by atoms with Gasteiger partial charge in [-0.2, -0.15) is 0 Å². The topological polar surface area (TPSA) is 55.4 Å². The molecular formula is C22H29NO3. The Morgan fingerprint density at radius 3 is 2.50 bits per heavy atom. The molecule has 3 rings (SSSR count). The molecule has 1 saturated carbocycles. The van der Waals surface area contributed by atoms with E-state index < -0.39 is 0 Å². The second-order valence-electron chi connectivity index (χ2n) is 8.20. The molecule has 1 aliphatic carbocycles. The number of hydrogen-bond acceptors (Lipinski definition) is 4. The molecule has 1 N–H and O–H groups in total. The summed E-state index contributed by atoms with van der Waals surface area (Å²) in [6.07, 6.45) is 10.1. The van der Waals surface area contributed by atoms with Crippen molar-refractivity contribution in [3.8, 4) is 5.75 Å². The lowest BCUT2D eigenvalue weighted by Crippen LogP contribution is -2.44. The van der Waals surface area contributed by atoms with Crippen LogP contribution in [0, 0.1) is 5.92 Å². The molecule has 0 saturated heterocycles. The number of allylic oxidation sites excluding steroid dienone is 1. The molecule has 4 heteroatoms. The number of nitrogens with one attached hydrogen (secondary N) is 1. The maximum Gasteiger partial charge on any atom is 0.160 e. The monoisotopic (exact) mass is 355 g/mol. The summed E-state index contributed by atoms with van der Waals surface area (Å²) in [6.45, 7) is 4.25. The highest BCUT2D eigenvalue weighted by atomic mass is 16.5. The van der Waals surface area contributed by atoms with Gasteiger partial charge < -0.3 is 10.1 Å². The Labute approximate surface area is 156 Å². The second-order valence-corrected chi connectivity index (χ2v) is 8.20. The van der Waals surface area contributed by atoms with Gasteiger partial charge in [0, 0.05) is 28.8 Å². The fourth-order valence-electron chi connectivity index (χ4n) is 4.19. The van der Waals surface area contributed by atoms with Crippen LogP contribution in [-0.2, 0) is 11.2 Å². The minimum Gasteiger partial charge on any atom is -0.496 e. The third-order valence-electron chi connectivity index (χ3n) is 5.52. The zero-order chi connectivity index (χ0) is 18.7. The minimum absolute atomic E-state index is 0.129. The van der Waals surface area contributed by atoms with Crippen LogP contribution in [0.1, 0.15) is 73.9 Å². The van der Waals surface area contributed by atoms with Gasteiger partial charge in [-0.15, -0.1) is 0 Å². The van der Waals surface area contributed by atoms with Crippen LogP contribution >= 0.6 is 0 Å². The standard InChI is InChI=1S/C22H29NO3/c1-22(2)13-16-11-21(26-3)17(14-24)10-18(16)19(23-22)12-20(25)15-8-6-4-5-7-9-15/h10-12,14-15,23H,4-9,13H2,1-3H3/b19-12-. The van der Waals surface area contributed by atoms with Crippen LogP contribution in [0.5, 0.6) is 5.75 Å². The molecule has 1 heterocycles. The average molecular weight is 355 g/mol. The van der Waals surface area contributed by atoms with E-state index in [2.05, 4.69) is 19.2 Å². The van der Waals surface area contributed by atoms with Gasteiger partial charge in [-0.3, -0.25) is 9.59 Å². The molecule has 0 unspecified atom stereocenters. The predicted octanol–water partition coefficient (Wildman–Crippen LogP) is 4.31. The maximum absolute atomic E-state index is 12.9. The summed E-state index contributed by atoms with van der Waals surface area (Å²) in [6, 6.07) is 3.78. The van der Waals surface area contributed by atoms with Gasteiger partial charge in [-0.05, 0) is 50.8 Å². The van der Waals surface area contributed by atoms with E-state index in [4.69, 9.17) is 4.74 Å². The Kier molecular flexibility index (Phi) is 5.49. The molecule has 0 amide bonds. The molecule has 26 heavy (non-hydrogen) atoms. The molecule has 1 fully saturated rings. The third kappa shape index (κ3) is 4.00. The highest BCUT2D eigenvalue weighted by Gasteiger charge is 2.30. The van der Waals surface area contributed by atoms with E-state index >= 15 is 0 Å². The Hall–Kier alpha value is -2.10. The molecule has 0 spiro atoms. The Morgan fingerprint density at radius 1 is 1.19 bits per heavy atom. The molecule has 1 aliphatic heterocycles. The number of benzene rings is 1. The third-order valence-corrected chi connectivity index (χ3v) is 5.52. The SMILES string of the molecule is COc1cc2c(cc1C=O)/C(=C/C(=O)C1CCCCCC1)NC(C)(C)C2. The molecule has 140 valence electrons. The first-order valence-corrected chi connectivity index (χ1v) is 9.64. The molecule has 0 bridgehead atoms. The van der Waals surface area contributed by atoms with E-state index in [0.717, 1.165) is 55.2 Å². The van der Waals surface area contributed by atoms with Crippen molar-refractivity contribution in [3.05, 3.63) is 34.9 Å². The van der Waals surface area contributed by atoms with Gasteiger partial charge in [-0.25, -0.2) is 0 Å². The lowest BCUT2D eigenvalue weighted by molar-refractivity contribution is -0.118. The fourth-order valence-corrected chi connectivity index (χ4v) is 4.19. The Morgan fingerprint density at radius 2 is 1.88 bits per heavy atom. The first-order chi connectivity index (χ1) is 12.4. The van der Waals surface area contributed by atoms with Crippen molar-refractivity contribution < 1.29 is 14.3 Å². The highest BCUT2D eigenvalue weighted by Crippen LogP contribution is 2.34. The normalized spacial score (nSPS) is 21.4. The van der Waals surface area contributed by atoms with Crippen LogP contribution in [0.25, 0.3) is 5.70 Å². The van der Waals surface area contributed by atoms with Gasteiger partial charge in [0.05, 0.1) is 12.7 Å². The molecule has 0 radical (unpaired) electrons. The highest BCUT2D eigenvalue weighted by molar-refractivity contribution is 5.99. The fraction of sp³-hybridized carbons (Fsp3) is 0.545. The number of aldehydes is 1. The van der Waals surface area contributed by atoms with Gasteiger partial charge in [0.25, 0.3) is 0 Å². The van der Waals surface area contributed by atoms with Crippen molar-refractivity contribution in [2.75, 3.05) is 7.11 Å². The van der Waals surface area contributed by atoms with E-state index in [1.165, 1.54) is 12.8 Å². The number of ketones is 1.